The highest BCUT2D eigenvalue weighted by molar-refractivity contribution is 5.11. The van der Waals surface area contributed by atoms with Gasteiger partial charge in [0, 0.05) is 25.5 Å². The minimum atomic E-state index is 0.861. The quantitative estimate of drug-likeness (QED) is 0.737. The van der Waals surface area contributed by atoms with Crippen LogP contribution < -0.4 is 0 Å². The molecule has 17 heavy (non-hydrogen) atoms. The number of hydrogen-bond donors (Lipinski definition) is 0. The predicted molar refractivity (Wildman–Crippen MR) is 69.4 cm³/mol. The molecule has 0 N–H and O–H groups in total. The molecule has 1 fully saturated rings. The van der Waals surface area contributed by atoms with Gasteiger partial charge in [0.1, 0.15) is 0 Å². The molecule has 0 amide bonds. The van der Waals surface area contributed by atoms with E-state index in [1.165, 1.54) is 24.9 Å². The van der Waals surface area contributed by atoms with E-state index in [1.54, 1.807) is 0 Å². The zero-order valence-electron chi connectivity index (χ0n) is 10.4. The van der Waals surface area contributed by atoms with Crippen molar-refractivity contribution < 1.29 is 0 Å². The number of fused-ring (bicyclic) bond motifs is 2. The summed E-state index contributed by atoms with van der Waals surface area (Å²) in [6.07, 6.45) is 11.4. The third kappa shape index (κ3) is 2.42. The van der Waals surface area contributed by atoms with Gasteiger partial charge in [-0.25, -0.2) is 0 Å². The SMILES string of the molecule is CN(Cc1ccncc1)CC1CC2C=CC1C2. The molecule has 2 nitrogen and oxygen atoms in total. The first-order chi connectivity index (χ1) is 8.31. The molecule has 2 aliphatic carbocycles. The van der Waals surface area contributed by atoms with Crippen LogP contribution in [0.3, 0.4) is 0 Å². The van der Waals surface area contributed by atoms with Gasteiger partial charge in [0.15, 0.2) is 0 Å². The molecular weight excluding hydrogens is 208 g/mol. The number of allylic oxidation sites excluding steroid dienone is 2. The summed E-state index contributed by atoms with van der Waals surface area (Å²) in [5, 5.41) is 0. The van der Waals surface area contributed by atoms with E-state index in [0.717, 1.165) is 24.3 Å². The van der Waals surface area contributed by atoms with E-state index in [4.69, 9.17) is 0 Å². The van der Waals surface area contributed by atoms with Crippen LogP contribution in [0.15, 0.2) is 36.7 Å². The van der Waals surface area contributed by atoms with Crippen molar-refractivity contribution in [2.24, 2.45) is 17.8 Å². The second-order valence-electron chi connectivity index (χ2n) is 5.59. The molecule has 0 spiro atoms. The number of aromatic nitrogens is 1. The van der Waals surface area contributed by atoms with Crippen molar-refractivity contribution in [1.29, 1.82) is 0 Å². The van der Waals surface area contributed by atoms with Crippen LogP contribution in [-0.4, -0.2) is 23.5 Å². The average Bonchev–Trinajstić information content (AvgIpc) is 2.92. The van der Waals surface area contributed by atoms with Crippen LogP contribution in [0.1, 0.15) is 18.4 Å². The maximum Gasteiger partial charge on any atom is 0.0271 e. The van der Waals surface area contributed by atoms with Crippen molar-refractivity contribution in [2.45, 2.75) is 19.4 Å². The highest BCUT2D eigenvalue weighted by Gasteiger charge is 2.35. The predicted octanol–water partition coefficient (Wildman–Crippen LogP) is 2.73. The molecule has 90 valence electrons. The van der Waals surface area contributed by atoms with E-state index >= 15 is 0 Å². The lowest BCUT2D eigenvalue weighted by Gasteiger charge is -2.25. The van der Waals surface area contributed by atoms with Gasteiger partial charge in [-0.3, -0.25) is 4.98 Å². The highest BCUT2D eigenvalue weighted by Crippen LogP contribution is 2.43. The summed E-state index contributed by atoms with van der Waals surface area (Å²) in [5.74, 6) is 2.64. The lowest BCUT2D eigenvalue weighted by Crippen LogP contribution is -2.27. The lowest BCUT2D eigenvalue weighted by molar-refractivity contribution is 0.248. The molecule has 1 aromatic heterocycles. The summed E-state index contributed by atoms with van der Waals surface area (Å²) < 4.78 is 0. The Kier molecular flexibility index (Phi) is 2.98. The molecule has 0 aromatic carbocycles. The Hall–Kier alpha value is -1.15. The molecule has 2 bridgehead atoms. The summed E-state index contributed by atoms with van der Waals surface area (Å²) in [4.78, 5) is 6.51. The maximum absolute atomic E-state index is 4.06. The summed E-state index contributed by atoms with van der Waals surface area (Å²) in [6, 6.07) is 4.22. The molecule has 0 aliphatic heterocycles. The van der Waals surface area contributed by atoms with Gasteiger partial charge < -0.3 is 4.90 Å². The van der Waals surface area contributed by atoms with E-state index in [1.807, 2.05) is 12.4 Å². The topological polar surface area (TPSA) is 16.1 Å². The Morgan fingerprint density at radius 3 is 2.71 bits per heavy atom. The Bertz CT molecular complexity index is 399. The third-order valence-electron chi connectivity index (χ3n) is 4.16. The fraction of sp³-hybridized carbons (Fsp3) is 0.533. The number of nitrogens with zero attached hydrogens (tertiary/aromatic N) is 2. The van der Waals surface area contributed by atoms with Crippen molar-refractivity contribution in [3.63, 3.8) is 0 Å². The molecule has 3 unspecified atom stereocenters. The molecule has 3 rings (SSSR count). The highest BCUT2D eigenvalue weighted by atomic mass is 15.1. The molecule has 1 heterocycles. The number of hydrogen-bond acceptors (Lipinski definition) is 2. The van der Waals surface area contributed by atoms with Crippen LogP contribution >= 0.6 is 0 Å². The van der Waals surface area contributed by atoms with Crippen molar-refractivity contribution in [3.05, 3.63) is 42.2 Å². The lowest BCUT2D eigenvalue weighted by atomic mass is 9.93. The second-order valence-corrected chi connectivity index (χ2v) is 5.59. The molecule has 2 heteroatoms. The minimum Gasteiger partial charge on any atom is -0.302 e. The van der Waals surface area contributed by atoms with Gasteiger partial charge in [-0.15, -0.1) is 0 Å². The Balaban J connectivity index is 1.54. The van der Waals surface area contributed by atoms with E-state index in [-0.39, 0.29) is 0 Å². The van der Waals surface area contributed by atoms with Gasteiger partial charge in [0.05, 0.1) is 0 Å². The largest absolute Gasteiger partial charge is 0.302 e. The Morgan fingerprint density at radius 1 is 1.24 bits per heavy atom. The van der Waals surface area contributed by atoms with Crippen LogP contribution in [0.2, 0.25) is 0 Å². The standard InChI is InChI=1S/C15H20N2/c1-17(10-12-4-6-16-7-5-12)11-15-9-13-2-3-14(15)8-13/h2-7,13-15H,8-11H2,1H3. The van der Waals surface area contributed by atoms with Crippen molar-refractivity contribution in [2.75, 3.05) is 13.6 Å². The van der Waals surface area contributed by atoms with Gasteiger partial charge in [0.25, 0.3) is 0 Å². The van der Waals surface area contributed by atoms with E-state index < -0.39 is 0 Å². The fourth-order valence-electron chi connectivity index (χ4n) is 3.37. The van der Waals surface area contributed by atoms with E-state index in [9.17, 15) is 0 Å². The van der Waals surface area contributed by atoms with Crippen LogP contribution in [0.25, 0.3) is 0 Å². The Labute approximate surface area is 103 Å². The first-order valence-electron chi connectivity index (χ1n) is 6.57. The maximum atomic E-state index is 4.06. The Morgan fingerprint density at radius 2 is 2.06 bits per heavy atom. The van der Waals surface area contributed by atoms with Crippen molar-refractivity contribution in [1.82, 2.24) is 9.88 Å². The summed E-state index contributed by atoms with van der Waals surface area (Å²) in [5.41, 5.74) is 1.36. The van der Waals surface area contributed by atoms with Gasteiger partial charge in [-0.05, 0) is 55.3 Å². The van der Waals surface area contributed by atoms with Gasteiger partial charge in [-0.2, -0.15) is 0 Å². The van der Waals surface area contributed by atoms with Crippen LogP contribution in [0.4, 0.5) is 0 Å². The van der Waals surface area contributed by atoms with Crippen molar-refractivity contribution in [3.8, 4) is 0 Å². The fourth-order valence-corrected chi connectivity index (χ4v) is 3.37. The number of rotatable bonds is 4. The average molecular weight is 228 g/mol. The van der Waals surface area contributed by atoms with Gasteiger partial charge in [-0.1, -0.05) is 12.2 Å². The summed E-state index contributed by atoms with van der Waals surface area (Å²) in [7, 11) is 2.23. The normalized spacial score (nSPS) is 30.4. The van der Waals surface area contributed by atoms with E-state index in [0.29, 0.717) is 0 Å². The zero-order valence-corrected chi connectivity index (χ0v) is 10.4. The van der Waals surface area contributed by atoms with Gasteiger partial charge >= 0.3 is 0 Å². The van der Waals surface area contributed by atoms with Crippen LogP contribution in [-0.2, 0) is 6.54 Å². The third-order valence-corrected chi connectivity index (χ3v) is 4.16. The molecule has 2 aliphatic rings. The summed E-state index contributed by atoms with van der Waals surface area (Å²) >= 11 is 0. The monoisotopic (exact) mass is 228 g/mol. The van der Waals surface area contributed by atoms with Crippen LogP contribution in [0, 0.1) is 17.8 Å². The molecule has 0 saturated heterocycles. The molecular formula is C15H20N2. The molecule has 0 radical (unpaired) electrons. The van der Waals surface area contributed by atoms with Crippen molar-refractivity contribution >= 4 is 0 Å². The number of pyridine rings is 1. The van der Waals surface area contributed by atoms with Gasteiger partial charge in [0.2, 0.25) is 0 Å². The molecule has 3 atom stereocenters. The van der Waals surface area contributed by atoms with Crippen LogP contribution in [0.5, 0.6) is 0 Å². The molecule has 1 saturated carbocycles. The minimum absolute atomic E-state index is 0.861. The summed E-state index contributed by atoms with van der Waals surface area (Å²) in [6.45, 7) is 2.27. The first kappa shape index (κ1) is 11.0. The zero-order chi connectivity index (χ0) is 11.7. The van der Waals surface area contributed by atoms with E-state index in [2.05, 4.69) is 41.2 Å². The second kappa shape index (κ2) is 4.61. The smallest absolute Gasteiger partial charge is 0.0271 e. The molecule has 1 aromatic rings. The first-order valence-corrected chi connectivity index (χ1v) is 6.57.